The molecule has 0 aliphatic rings. The summed E-state index contributed by atoms with van der Waals surface area (Å²) in [5.41, 5.74) is 5.76. The Morgan fingerprint density at radius 2 is 1.65 bits per heavy atom. The van der Waals surface area contributed by atoms with Crippen LogP contribution < -0.4 is 5.73 Å². The first-order chi connectivity index (χ1) is 9.57. The van der Waals surface area contributed by atoms with Gasteiger partial charge in [-0.3, -0.25) is 4.79 Å². The Morgan fingerprint density at radius 3 is 2.20 bits per heavy atom. The van der Waals surface area contributed by atoms with Gasteiger partial charge in [-0.1, -0.05) is 52.0 Å². The van der Waals surface area contributed by atoms with Gasteiger partial charge < -0.3 is 10.5 Å². The number of esters is 1. The minimum atomic E-state index is -0.458. The highest BCUT2D eigenvalue weighted by molar-refractivity contribution is 5.75. The third kappa shape index (κ3) is 12.2. The van der Waals surface area contributed by atoms with Crippen molar-refractivity contribution in [1.29, 1.82) is 0 Å². The van der Waals surface area contributed by atoms with E-state index >= 15 is 0 Å². The molecular formula is C17H33NO2. The second-order valence-electron chi connectivity index (χ2n) is 5.96. The van der Waals surface area contributed by atoms with Crippen molar-refractivity contribution < 1.29 is 9.53 Å². The molecule has 0 fully saturated rings. The van der Waals surface area contributed by atoms with Crippen LogP contribution in [-0.4, -0.2) is 18.6 Å². The summed E-state index contributed by atoms with van der Waals surface area (Å²) in [6, 6.07) is -0.458. The standard InChI is InChI=1S/C17H33NO2/c1-4-5-6-7-8-9-10-11-12-13-20-17(19)16(18)14-15(2)3/h4,15-16H,1,5-14,18H2,2-3H3/t16-/m0/s1. The molecule has 0 amide bonds. The molecule has 0 aromatic rings. The van der Waals surface area contributed by atoms with Crippen LogP contribution in [0.5, 0.6) is 0 Å². The molecule has 0 aromatic heterocycles. The summed E-state index contributed by atoms with van der Waals surface area (Å²) in [4.78, 5) is 11.6. The lowest BCUT2D eigenvalue weighted by Gasteiger charge is -2.13. The molecule has 3 nitrogen and oxygen atoms in total. The fourth-order valence-corrected chi connectivity index (χ4v) is 2.16. The number of unbranched alkanes of at least 4 members (excludes halogenated alkanes) is 7. The molecule has 0 heterocycles. The molecule has 0 saturated heterocycles. The lowest BCUT2D eigenvalue weighted by atomic mass is 10.1. The van der Waals surface area contributed by atoms with E-state index < -0.39 is 6.04 Å². The zero-order valence-corrected chi connectivity index (χ0v) is 13.4. The van der Waals surface area contributed by atoms with Crippen molar-refractivity contribution in [1.82, 2.24) is 0 Å². The van der Waals surface area contributed by atoms with Crippen molar-refractivity contribution in [2.24, 2.45) is 11.7 Å². The van der Waals surface area contributed by atoms with E-state index in [2.05, 4.69) is 20.4 Å². The topological polar surface area (TPSA) is 52.3 Å². The molecule has 0 rings (SSSR count). The molecule has 0 bridgehead atoms. The Hall–Kier alpha value is -0.830. The molecule has 0 spiro atoms. The number of carbonyl (C=O) groups excluding carboxylic acids is 1. The molecule has 0 saturated carbocycles. The predicted molar refractivity (Wildman–Crippen MR) is 85.5 cm³/mol. The maximum Gasteiger partial charge on any atom is 0.322 e. The van der Waals surface area contributed by atoms with Crippen LogP contribution in [0.25, 0.3) is 0 Å². The Labute approximate surface area is 125 Å². The Bertz CT molecular complexity index is 251. The van der Waals surface area contributed by atoms with Gasteiger partial charge in [0.2, 0.25) is 0 Å². The van der Waals surface area contributed by atoms with Gasteiger partial charge in [0, 0.05) is 0 Å². The summed E-state index contributed by atoms with van der Waals surface area (Å²) in [7, 11) is 0. The van der Waals surface area contributed by atoms with Crippen LogP contribution >= 0.6 is 0 Å². The summed E-state index contributed by atoms with van der Waals surface area (Å²) >= 11 is 0. The summed E-state index contributed by atoms with van der Waals surface area (Å²) in [5, 5.41) is 0. The molecule has 0 unspecified atom stereocenters. The van der Waals surface area contributed by atoms with Crippen molar-refractivity contribution >= 4 is 5.97 Å². The predicted octanol–water partition coefficient (Wildman–Crippen LogP) is 4.21. The lowest BCUT2D eigenvalue weighted by molar-refractivity contribution is -0.145. The van der Waals surface area contributed by atoms with Gasteiger partial charge in [0.05, 0.1) is 6.61 Å². The molecule has 0 aliphatic heterocycles. The van der Waals surface area contributed by atoms with Crippen molar-refractivity contribution in [3.05, 3.63) is 12.7 Å². The minimum Gasteiger partial charge on any atom is -0.465 e. The van der Waals surface area contributed by atoms with Crippen LogP contribution in [-0.2, 0) is 9.53 Å². The summed E-state index contributed by atoms with van der Waals surface area (Å²) in [6.07, 6.45) is 12.3. The zero-order valence-electron chi connectivity index (χ0n) is 13.4. The van der Waals surface area contributed by atoms with E-state index in [-0.39, 0.29) is 5.97 Å². The Kier molecular flexibility index (Phi) is 12.6. The van der Waals surface area contributed by atoms with Gasteiger partial charge in [-0.15, -0.1) is 6.58 Å². The number of allylic oxidation sites excluding steroid dienone is 1. The van der Waals surface area contributed by atoms with Crippen LogP contribution in [0.4, 0.5) is 0 Å². The van der Waals surface area contributed by atoms with Gasteiger partial charge >= 0.3 is 5.97 Å². The number of ether oxygens (including phenoxy) is 1. The van der Waals surface area contributed by atoms with Crippen molar-refractivity contribution in [3.63, 3.8) is 0 Å². The third-order valence-electron chi connectivity index (χ3n) is 3.32. The van der Waals surface area contributed by atoms with Gasteiger partial charge in [0.1, 0.15) is 6.04 Å². The molecule has 0 aliphatic carbocycles. The quantitative estimate of drug-likeness (QED) is 0.313. The summed E-state index contributed by atoms with van der Waals surface area (Å²) < 4.78 is 5.19. The fourth-order valence-electron chi connectivity index (χ4n) is 2.16. The highest BCUT2D eigenvalue weighted by atomic mass is 16.5. The SMILES string of the molecule is C=CCCCCCCCCCOC(=O)[C@@H](N)CC(C)C. The number of hydrogen-bond acceptors (Lipinski definition) is 3. The summed E-state index contributed by atoms with van der Waals surface area (Å²) in [5.74, 6) is 0.182. The minimum absolute atomic E-state index is 0.247. The van der Waals surface area contributed by atoms with Gasteiger partial charge in [0.25, 0.3) is 0 Å². The Balaban J connectivity index is 3.31. The number of nitrogens with two attached hydrogens (primary N) is 1. The molecule has 1 atom stereocenters. The van der Waals surface area contributed by atoms with Gasteiger partial charge in [-0.2, -0.15) is 0 Å². The molecular weight excluding hydrogens is 250 g/mol. The van der Waals surface area contributed by atoms with E-state index in [1.54, 1.807) is 0 Å². The van der Waals surface area contributed by atoms with Gasteiger partial charge in [0.15, 0.2) is 0 Å². The van der Waals surface area contributed by atoms with Gasteiger partial charge in [-0.05, 0) is 31.6 Å². The zero-order chi connectivity index (χ0) is 15.2. The van der Waals surface area contributed by atoms with Gasteiger partial charge in [-0.25, -0.2) is 0 Å². The Morgan fingerprint density at radius 1 is 1.10 bits per heavy atom. The number of carbonyl (C=O) groups is 1. The van der Waals surface area contributed by atoms with Crippen LogP contribution in [0.3, 0.4) is 0 Å². The molecule has 0 aromatic carbocycles. The van der Waals surface area contributed by atoms with E-state index in [0.29, 0.717) is 18.9 Å². The number of hydrogen-bond donors (Lipinski definition) is 1. The monoisotopic (exact) mass is 283 g/mol. The van der Waals surface area contributed by atoms with Crippen LogP contribution in [0.2, 0.25) is 0 Å². The van der Waals surface area contributed by atoms with Crippen LogP contribution in [0.15, 0.2) is 12.7 Å². The highest BCUT2D eigenvalue weighted by Crippen LogP contribution is 2.09. The van der Waals surface area contributed by atoms with Crippen molar-refractivity contribution in [2.45, 2.75) is 77.7 Å². The van der Waals surface area contributed by atoms with E-state index in [9.17, 15) is 4.79 Å². The average Bonchev–Trinajstić information content (AvgIpc) is 2.39. The maximum atomic E-state index is 11.6. The van der Waals surface area contributed by atoms with E-state index in [1.165, 1.54) is 32.1 Å². The van der Waals surface area contributed by atoms with Crippen molar-refractivity contribution in [2.75, 3.05) is 6.61 Å². The lowest BCUT2D eigenvalue weighted by Crippen LogP contribution is -2.33. The number of rotatable bonds is 13. The first kappa shape index (κ1) is 19.2. The second-order valence-corrected chi connectivity index (χ2v) is 5.96. The smallest absolute Gasteiger partial charge is 0.322 e. The molecule has 2 N–H and O–H groups in total. The largest absolute Gasteiger partial charge is 0.465 e. The third-order valence-corrected chi connectivity index (χ3v) is 3.32. The normalized spacial score (nSPS) is 12.4. The van der Waals surface area contributed by atoms with Crippen molar-refractivity contribution in [3.8, 4) is 0 Å². The maximum absolute atomic E-state index is 11.6. The first-order valence-electron chi connectivity index (χ1n) is 8.11. The van der Waals surface area contributed by atoms with Crippen LogP contribution in [0.1, 0.15) is 71.6 Å². The van der Waals surface area contributed by atoms with E-state index in [0.717, 1.165) is 19.3 Å². The fraction of sp³-hybridized carbons (Fsp3) is 0.824. The van der Waals surface area contributed by atoms with E-state index in [4.69, 9.17) is 10.5 Å². The average molecular weight is 283 g/mol. The van der Waals surface area contributed by atoms with E-state index in [1.807, 2.05) is 6.08 Å². The second kappa shape index (κ2) is 13.2. The molecule has 20 heavy (non-hydrogen) atoms. The molecule has 118 valence electrons. The highest BCUT2D eigenvalue weighted by Gasteiger charge is 2.15. The first-order valence-corrected chi connectivity index (χ1v) is 8.11. The summed E-state index contributed by atoms with van der Waals surface area (Å²) in [6.45, 7) is 8.35. The van der Waals surface area contributed by atoms with Crippen LogP contribution in [0, 0.1) is 5.92 Å². The molecule has 0 radical (unpaired) electrons. The molecule has 3 heteroatoms.